The molecular weight excluding hydrogens is 336 g/mol. The minimum atomic E-state index is -0.320. The topological polar surface area (TPSA) is 78.4 Å². The molecule has 0 aromatic heterocycles. The molecule has 138 valence electrons. The molecule has 0 heterocycles. The number of oxime groups is 1. The van der Waals surface area contributed by atoms with E-state index in [4.69, 9.17) is 19.0 Å². The van der Waals surface area contributed by atoms with Crippen molar-refractivity contribution in [3.8, 4) is 17.2 Å². The summed E-state index contributed by atoms with van der Waals surface area (Å²) in [5, 5.41) is 6.50. The summed E-state index contributed by atoms with van der Waals surface area (Å²) in [5.41, 5.74) is 1.39. The standard InChI is InChI=1S/C19H22N2O5/c1-4-25-17-9-8-14(10-18(17)24-3)12-20-26-13-19(22)21-15-6-5-7-16(11-15)23-2/h5-12H,4,13H2,1-3H3,(H,21,22)/b20-12-. The number of hydrogen-bond donors (Lipinski definition) is 1. The lowest BCUT2D eigenvalue weighted by molar-refractivity contribution is -0.120. The maximum absolute atomic E-state index is 11.9. The van der Waals surface area contributed by atoms with E-state index < -0.39 is 0 Å². The number of carbonyl (C=O) groups is 1. The number of hydrogen-bond acceptors (Lipinski definition) is 6. The van der Waals surface area contributed by atoms with Crippen LogP contribution in [-0.4, -0.2) is 39.6 Å². The fraction of sp³-hybridized carbons (Fsp3) is 0.263. The number of ether oxygens (including phenoxy) is 3. The highest BCUT2D eigenvalue weighted by atomic mass is 16.6. The molecular formula is C19H22N2O5. The largest absolute Gasteiger partial charge is 0.497 e. The monoisotopic (exact) mass is 358 g/mol. The summed E-state index contributed by atoms with van der Waals surface area (Å²) in [6.45, 7) is 2.25. The third kappa shape index (κ3) is 5.70. The molecule has 0 saturated heterocycles. The molecule has 0 bridgehead atoms. The molecule has 0 fully saturated rings. The minimum Gasteiger partial charge on any atom is -0.497 e. The van der Waals surface area contributed by atoms with E-state index in [2.05, 4.69) is 10.5 Å². The molecule has 2 aromatic carbocycles. The number of anilines is 1. The second-order valence-electron chi connectivity index (χ2n) is 5.13. The van der Waals surface area contributed by atoms with Crippen LogP contribution in [0.15, 0.2) is 47.6 Å². The molecule has 0 spiro atoms. The van der Waals surface area contributed by atoms with E-state index in [0.29, 0.717) is 29.5 Å². The average Bonchev–Trinajstić information content (AvgIpc) is 2.66. The molecule has 7 heteroatoms. The SMILES string of the molecule is CCOc1ccc(/C=N\OCC(=O)Nc2cccc(OC)c2)cc1OC. The van der Waals surface area contributed by atoms with Gasteiger partial charge in [-0.3, -0.25) is 4.79 Å². The van der Waals surface area contributed by atoms with Crippen molar-refractivity contribution in [1.29, 1.82) is 0 Å². The van der Waals surface area contributed by atoms with E-state index in [1.165, 1.54) is 6.21 Å². The zero-order valence-corrected chi connectivity index (χ0v) is 15.0. The first-order chi connectivity index (χ1) is 12.7. The van der Waals surface area contributed by atoms with Gasteiger partial charge < -0.3 is 24.4 Å². The molecule has 26 heavy (non-hydrogen) atoms. The van der Waals surface area contributed by atoms with Gasteiger partial charge >= 0.3 is 0 Å². The molecule has 0 atom stereocenters. The first-order valence-corrected chi connectivity index (χ1v) is 8.06. The summed E-state index contributed by atoms with van der Waals surface area (Å²) < 4.78 is 15.8. The predicted molar refractivity (Wildman–Crippen MR) is 99.3 cm³/mol. The predicted octanol–water partition coefficient (Wildman–Crippen LogP) is 3.09. The minimum absolute atomic E-state index is 0.206. The molecule has 0 unspecified atom stereocenters. The Balaban J connectivity index is 1.85. The van der Waals surface area contributed by atoms with Gasteiger partial charge in [0.05, 0.1) is 27.0 Å². The summed E-state index contributed by atoms with van der Waals surface area (Å²) in [6.07, 6.45) is 1.50. The van der Waals surface area contributed by atoms with Gasteiger partial charge in [0.15, 0.2) is 18.1 Å². The van der Waals surface area contributed by atoms with E-state index >= 15 is 0 Å². The summed E-state index contributed by atoms with van der Waals surface area (Å²) in [6, 6.07) is 12.4. The second-order valence-corrected chi connectivity index (χ2v) is 5.13. The summed E-state index contributed by atoms with van der Waals surface area (Å²) in [5.74, 6) is 1.60. The van der Waals surface area contributed by atoms with E-state index in [1.807, 2.05) is 13.0 Å². The second kappa shape index (κ2) is 9.93. The van der Waals surface area contributed by atoms with Gasteiger partial charge in [-0.25, -0.2) is 0 Å². The number of rotatable bonds is 9. The van der Waals surface area contributed by atoms with E-state index in [0.717, 1.165) is 5.56 Å². The van der Waals surface area contributed by atoms with Crippen molar-refractivity contribution in [2.45, 2.75) is 6.92 Å². The van der Waals surface area contributed by atoms with Crippen LogP contribution in [0.4, 0.5) is 5.69 Å². The zero-order valence-electron chi connectivity index (χ0n) is 15.0. The number of amides is 1. The normalized spacial score (nSPS) is 10.4. The smallest absolute Gasteiger partial charge is 0.265 e. The van der Waals surface area contributed by atoms with Crippen molar-refractivity contribution >= 4 is 17.8 Å². The maximum atomic E-state index is 11.9. The average molecular weight is 358 g/mol. The van der Waals surface area contributed by atoms with Crippen molar-refractivity contribution in [3.63, 3.8) is 0 Å². The Hall–Kier alpha value is -3.22. The number of methoxy groups -OCH3 is 2. The number of carbonyl (C=O) groups excluding carboxylic acids is 1. The van der Waals surface area contributed by atoms with Gasteiger partial charge in [0, 0.05) is 17.3 Å². The van der Waals surface area contributed by atoms with Crippen LogP contribution in [0.3, 0.4) is 0 Å². The Kier molecular flexibility index (Phi) is 7.30. The first-order valence-electron chi connectivity index (χ1n) is 8.06. The third-order valence-electron chi connectivity index (χ3n) is 3.31. The molecule has 1 amide bonds. The highest BCUT2D eigenvalue weighted by molar-refractivity contribution is 5.92. The van der Waals surface area contributed by atoms with Crippen LogP contribution in [-0.2, 0) is 9.63 Å². The van der Waals surface area contributed by atoms with E-state index in [1.54, 1.807) is 50.6 Å². The summed E-state index contributed by atoms with van der Waals surface area (Å²) >= 11 is 0. The lowest BCUT2D eigenvalue weighted by Gasteiger charge is -2.09. The van der Waals surface area contributed by atoms with Crippen LogP contribution in [0.25, 0.3) is 0 Å². The fourth-order valence-electron chi connectivity index (χ4n) is 2.13. The van der Waals surface area contributed by atoms with Gasteiger partial charge in [-0.1, -0.05) is 11.2 Å². The van der Waals surface area contributed by atoms with Crippen LogP contribution in [0.5, 0.6) is 17.2 Å². The van der Waals surface area contributed by atoms with Crippen LogP contribution in [0, 0.1) is 0 Å². The van der Waals surface area contributed by atoms with Crippen molar-refractivity contribution in [3.05, 3.63) is 48.0 Å². The molecule has 0 aliphatic carbocycles. The number of nitrogens with one attached hydrogen (secondary N) is 1. The quantitative estimate of drug-likeness (QED) is 0.550. The highest BCUT2D eigenvalue weighted by Crippen LogP contribution is 2.27. The molecule has 0 radical (unpaired) electrons. The van der Waals surface area contributed by atoms with Gasteiger partial charge in [-0.15, -0.1) is 0 Å². The molecule has 2 aromatic rings. The lowest BCUT2D eigenvalue weighted by Crippen LogP contribution is -2.16. The lowest BCUT2D eigenvalue weighted by atomic mass is 10.2. The molecule has 1 N–H and O–H groups in total. The van der Waals surface area contributed by atoms with Crippen molar-refractivity contribution in [1.82, 2.24) is 0 Å². The zero-order chi connectivity index (χ0) is 18.8. The van der Waals surface area contributed by atoms with Crippen LogP contribution >= 0.6 is 0 Å². The van der Waals surface area contributed by atoms with Gasteiger partial charge in [-0.2, -0.15) is 0 Å². The Morgan fingerprint density at radius 3 is 2.69 bits per heavy atom. The number of benzene rings is 2. The number of nitrogens with zero attached hydrogens (tertiary/aromatic N) is 1. The molecule has 7 nitrogen and oxygen atoms in total. The fourth-order valence-corrected chi connectivity index (χ4v) is 2.13. The van der Waals surface area contributed by atoms with Gasteiger partial charge in [0.2, 0.25) is 0 Å². The Morgan fingerprint density at radius 1 is 1.12 bits per heavy atom. The Bertz CT molecular complexity index is 761. The molecule has 0 saturated carbocycles. The van der Waals surface area contributed by atoms with Gasteiger partial charge in [-0.05, 0) is 37.3 Å². The van der Waals surface area contributed by atoms with E-state index in [-0.39, 0.29) is 12.5 Å². The third-order valence-corrected chi connectivity index (χ3v) is 3.31. The van der Waals surface area contributed by atoms with E-state index in [9.17, 15) is 4.79 Å². The summed E-state index contributed by atoms with van der Waals surface area (Å²) in [7, 11) is 3.13. The van der Waals surface area contributed by atoms with Crippen molar-refractivity contribution in [2.75, 3.05) is 32.8 Å². The molecule has 0 aliphatic heterocycles. The maximum Gasteiger partial charge on any atom is 0.265 e. The van der Waals surface area contributed by atoms with Crippen LogP contribution in [0.2, 0.25) is 0 Å². The van der Waals surface area contributed by atoms with Crippen LogP contribution < -0.4 is 19.5 Å². The van der Waals surface area contributed by atoms with Crippen molar-refractivity contribution < 1.29 is 23.8 Å². The summed E-state index contributed by atoms with van der Waals surface area (Å²) in [4.78, 5) is 16.9. The molecule has 0 aliphatic rings. The Labute approximate surface area is 152 Å². The molecule has 2 rings (SSSR count). The highest BCUT2D eigenvalue weighted by Gasteiger charge is 2.05. The van der Waals surface area contributed by atoms with Gasteiger partial charge in [0.25, 0.3) is 5.91 Å². The Morgan fingerprint density at radius 2 is 1.96 bits per heavy atom. The van der Waals surface area contributed by atoms with Crippen molar-refractivity contribution in [2.24, 2.45) is 5.16 Å². The van der Waals surface area contributed by atoms with Crippen LogP contribution in [0.1, 0.15) is 12.5 Å². The van der Waals surface area contributed by atoms with Gasteiger partial charge in [0.1, 0.15) is 5.75 Å². The first kappa shape index (κ1) is 19.1.